The SMILES string of the molecule is COC(=O)NC1CCN(C(=O)c2csc(CN)n2)C1. The maximum atomic E-state index is 12.2. The molecule has 1 unspecified atom stereocenters. The third-order valence-electron chi connectivity index (χ3n) is 2.93. The number of aromatic nitrogens is 1. The maximum absolute atomic E-state index is 12.2. The lowest BCUT2D eigenvalue weighted by molar-refractivity contribution is 0.0783. The van der Waals surface area contributed by atoms with Crippen LogP contribution in [-0.2, 0) is 11.3 Å². The summed E-state index contributed by atoms with van der Waals surface area (Å²) in [5.74, 6) is -0.120. The number of likely N-dealkylation sites (tertiary alicyclic amines) is 1. The Hall–Kier alpha value is -1.67. The van der Waals surface area contributed by atoms with E-state index >= 15 is 0 Å². The number of nitrogens with one attached hydrogen (secondary N) is 1. The van der Waals surface area contributed by atoms with E-state index in [1.165, 1.54) is 18.4 Å². The molecular weight excluding hydrogens is 268 g/mol. The van der Waals surface area contributed by atoms with E-state index in [1.807, 2.05) is 0 Å². The van der Waals surface area contributed by atoms with Gasteiger partial charge in [0.15, 0.2) is 0 Å². The molecule has 1 aromatic heterocycles. The van der Waals surface area contributed by atoms with Crippen molar-refractivity contribution in [1.29, 1.82) is 0 Å². The molecule has 1 aliphatic rings. The summed E-state index contributed by atoms with van der Waals surface area (Å²) in [7, 11) is 1.32. The van der Waals surface area contributed by atoms with Crippen molar-refractivity contribution < 1.29 is 14.3 Å². The molecule has 1 fully saturated rings. The van der Waals surface area contributed by atoms with Gasteiger partial charge in [-0.15, -0.1) is 11.3 Å². The number of alkyl carbamates (subject to hydrolysis) is 1. The highest BCUT2D eigenvalue weighted by molar-refractivity contribution is 7.09. The van der Waals surface area contributed by atoms with Gasteiger partial charge in [-0.3, -0.25) is 4.79 Å². The molecule has 1 atom stereocenters. The zero-order valence-corrected chi connectivity index (χ0v) is 11.4. The predicted molar refractivity (Wildman–Crippen MR) is 69.9 cm³/mol. The smallest absolute Gasteiger partial charge is 0.407 e. The van der Waals surface area contributed by atoms with E-state index in [1.54, 1.807) is 10.3 Å². The van der Waals surface area contributed by atoms with Crippen molar-refractivity contribution in [3.8, 4) is 0 Å². The van der Waals surface area contributed by atoms with Gasteiger partial charge in [0, 0.05) is 25.0 Å². The zero-order valence-electron chi connectivity index (χ0n) is 10.6. The minimum Gasteiger partial charge on any atom is -0.453 e. The molecule has 1 aliphatic heterocycles. The number of rotatable bonds is 3. The lowest BCUT2D eigenvalue weighted by atomic mass is 10.3. The molecule has 104 valence electrons. The van der Waals surface area contributed by atoms with Gasteiger partial charge < -0.3 is 20.7 Å². The first-order chi connectivity index (χ1) is 9.13. The van der Waals surface area contributed by atoms with Gasteiger partial charge in [0.25, 0.3) is 5.91 Å². The van der Waals surface area contributed by atoms with Crippen molar-refractivity contribution in [2.45, 2.75) is 19.0 Å². The fourth-order valence-corrected chi connectivity index (χ4v) is 2.60. The van der Waals surface area contributed by atoms with Gasteiger partial charge in [-0.25, -0.2) is 9.78 Å². The van der Waals surface area contributed by atoms with Crippen LogP contribution < -0.4 is 11.1 Å². The van der Waals surface area contributed by atoms with Crippen molar-refractivity contribution in [2.24, 2.45) is 5.73 Å². The summed E-state index contributed by atoms with van der Waals surface area (Å²) in [4.78, 5) is 29.1. The van der Waals surface area contributed by atoms with Crippen LogP contribution in [0.15, 0.2) is 5.38 Å². The van der Waals surface area contributed by atoms with Gasteiger partial charge in [-0.1, -0.05) is 0 Å². The number of nitrogens with zero attached hydrogens (tertiary/aromatic N) is 2. The number of hydrogen-bond acceptors (Lipinski definition) is 6. The molecule has 19 heavy (non-hydrogen) atoms. The summed E-state index contributed by atoms with van der Waals surface area (Å²) in [6.07, 6.45) is 0.243. The van der Waals surface area contributed by atoms with Crippen molar-refractivity contribution >= 4 is 23.3 Å². The van der Waals surface area contributed by atoms with Gasteiger partial charge in [-0.05, 0) is 6.42 Å². The highest BCUT2D eigenvalue weighted by atomic mass is 32.1. The van der Waals surface area contributed by atoms with E-state index < -0.39 is 6.09 Å². The van der Waals surface area contributed by atoms with E-state index in [0.717, 1.165) is 5.01 Å². The van der Waals surface area contributed by atoms with Crippen LogP contribution in [0.2, 0.25) is 0 Å². The van der Waals surface area contributed by atoms with E-state index in [-0.39, 0.29) is 11.9 Å². The highest BCUT2D eigenvalue weighted by Crippen LogP contribution is 2.16. The van der Waals surface area contributed by atoms with Crippen LogP contribution in [0, 0.1) is 0 Å². The lowest BCUT2D eigenvalue weighted by Crippen LogP contribution is -2.38. The number of hydrogen-bond donors (Lipinski definition) is 2. The maximum Gasteiger partial charge on any atom is 0.407 e. The molecule has 2 amide bonds. The van der Waals surface area contributed by atoms with Gasteiger partial charge in [-0.2, -0.15) is 0 Å². The molecule has 7 nitrogen and oxygen atoms in total. The van der Waals surface area contributed by atoms with E-state index in [4.69, 9.17) is 5.73 Å². The molecular formula is C11H16N4O3S. The van der Waals surface area contributed by atoms with E-state index in [9.17, 15) is 9.59 Å². The highest BCUT2D eigenvalue weighted by Gasteiger charge is 2.29. The quantitative estimate of drug-likeness (QED) is 0.824. The molecule has 1 saturated heterocycles. The normalized spacial score (nSPS) is 18.4. The molecule has 2 rings (SSSR count). The van der Waals surface area contributed by atoms with Crippen LogP contribution in [0.4, 0.5) is 4.79 Å². The van der Waals surface area contributed by atoms with E-state index in [2.05, 4.69) is 15.0 Å². The molecule has 0 aliphatic carbocycles. The van der Waals surface area contributed by atoms with Crippen molar-refractivity contribution in [3.63, 3.8) is 0 Å². The summed E-state index contributed by atoms with van der Waals surface area (Å²) in [5.41, 5.74) is 5.89. The van der Waals surface area contributed by atoms with Gasteiger partial charge >= 0.3 is 6.09 Å². The van der Waals surface area contributed by atoms with Crippen molar-refractivity contribution in [3.05, 3.63) is 16.1 Å². The third-order valence-corrected chi connectivity index (χ3v) is 3.80. The second kappa shape index (κ2) is 5.98. The predicted octanol–water partition coefficient (Wildman–Crippen LogP) is 0.172. The number of thiazole rings is 1. The summed E-state index contributed by atoms with van der Waals surface area (Å²) in [6, 6.07) is -0.0657. The van der Waals surface area contributed by atoms with E-state index in [0.29, 0.717) is 31.7 Å². The first-order valence-corrected chi connectivity index (χ1v) is 6.80. The number of ether oxygens (including phenoxy) is 1. The zero-order chi connectivity index (χ0) is 13.8. The van der Waals surface area contributed by atoms with Crippen LogP contribution >= 0.6 is 11.3 Å². The minimum atomic E-state index is -0.474. The fourth-order valence-electron chi connectivity index (χ4n) is 1.95. The molecule has 3 N–H and O–H groups in total. The Morgan fingerprint density at radius 3 is 3.11 bits per heavy atom. The van der Waals surface area contributed by atoms with Crippen molar-refractivity contribution in [1.82, 2.24) is 15.2 Å². The minimum absolute atomic E-state index is 0.0657. The molecule has 0 spiro atoms. The molecule has 2 heterocycles. The Kier molecular flexibility index (Phi) is 4.33. The Morgan fingerprint density at radius 2 is 2.47 bits per heavy atom. The van der Waals surface area contributed by atoms with Gasteiger partial charge in [0.1, 0.15) is 10.7 Å². The first kappa shape index (κ1) is 13.8. The topological polar surface area (TPSA) is 97.5 Å². The number of nitrogens with two attached hydrogens (primary N) is 1. The molecule has 0 saturated carbocycles. The number of amides is 2. The number of methoxy groups -OCH3 is 1. The molecule has 0 bridgehead atoms. The third kappa shape index (κ3) is 3.21. The standard InChI is InChI=1S/C11H16N4O3S/c1-18-11(17)13-7-2-3-15(5-7)10(16)8-6-19-9(4-12)14-8/h6-7H,2-5,12H2,1H3,(H,13,17). The second-order valence-corrected chi connectivity index (χ2v) is 5.15. The monoisotopic (exact) mass is 284 g/mol. The van der Waals surface area contributed by atoms with Crippen LogP contribution in [0.5, 0.6) is 0 Å². The molecule has 8 heteroatoms. The molecule has 1 aromatic rings. The Balaban J connectivity index is 1.93. The molecule has 0 radical (unpaired) electrons. The summed E-state index contributed by atoms with van der Waals surface area (Å²) < 4.78 is 4.53. The second-order valence-electron chi connectivity index (χ2n) is 4.20. The van der Waals surface area contributed by atoms with Crippen LogP contribution in [0.3, 0.4) is 0 Å². The first-order valence-electron chi connectivity index (χ1n) is 5.92. The molecule has 0 aromatic carbocycles. The van der Waals surface area contributed by atoms with Gasteiger partial charge in [0.2, 0.25) is 0 Å². The average molecular weight is 284 g/mol. The van der Waals surface area contributed by atoms with Crippen LogP contribution in [0.25, 0.3) is 0 Å². The largest absolute Gasteiger partial charge is 0.453 e. The Labute approximate surface area is 114 Å². The number of carbonyl (C=O) groups is 2. The average Bonchev–Trinajstić information content (AvgIpc) is 3.06. The van der Waals surface area contributed by atoms with Gasteiger partial charge in [0.05, 0.1) is 13.2 Å². The summed E-state index contributed by atoms with van der Waals surface area (Å²) in [6.45, 7) is 1.41. The fraction of sp³-hybridized carbons (Fsp3) is 0.545. The van der Waals surface area contributed by atoms with Crippen molar-refractivity contribution in [2.75, 3.05) is 20.2 Å². The Bertz CT molecular complexity index is 476. The Morgan fingerprint density at radius 1 is 1.68 bits per heavy atom. The lowest BCUT2D eigenvalue weighted by Gasteiger charge is -2.15. The van der Waals surface area contributed by atoms with Crippen LogP contribution in [0.1, 0.15) is 21.9 Å². The summed E-state index contributed by atoms with van der Waals surface area (Å²) in [5, 5.41) is 5.14. The number of carbonyl (C=O) groups excluding carboxylic acids is 2. The summed E-state index contributed by atoms with van der Waals surface area (Å²) >= 11 is 1.38. The van der Waals surface area contributed by atoms with Crippen LogP contribution in [-0.4, -0.2) is 48.1 Å².